The minimum atomic E-state index is -0.611. The lowest BCUT2D eigenvalue weighted by Crippen LogP contribution is -2.45. The number of rotatable bonds is 2. The second-order valence-corrected chi connectivity index (χ2v) is 9.73. The number of hydrogen-bond acceptors (Lipinski definition) is 5. The van der Waals surface area contributed by atoms with Crippen LogP contribution < -0.4 is 0 Å². The van der Waals surface area contributed by atoms with Crippen molar-refractivity contribution in [3.05, 3.63) is 11.6 Å². The molecule has 0 aromatic carbocycles. The quantitative estimate of drug-likeness (QED) is 0.696. The molecular weight excluding hydrogens is 332 g/mol. The summed E-state index contributed by atoms with van der Waals surface area (Å²) in [4.78, 5) is 23.6. The summed E-state index contributed by atoms with van der Waals surface area (Å²) in [5, 5.41) is 0. The van der Waals surface area contributed by atoms with E-state index in [2.05, 4.69) is 20.8 Å². The van der Waals surface area contributed by atoms with Gasteiger partial charge in [0.25, 0.3) is 0 Å². The van der Waals surface area contributed by atoms with Gasteiger partial charge in [-0.2, -0.15) is 0 Å². The molecule has 6 unspecified atom stereocenters. The smallest absolute Gasteiger partial charge is 0.333 e. The van der Waals surface area contributed by atoms with Crippen LogP contribution in [-0.2, 0) is 23.8 Å². The van der Waals surface area contributed by atoms with Crippen LogP contribution in [0.3, 0.4) is 0 Å². The summed E-state index contributed by atoms with van der Waals surface area (Å²) in [6.07, 6.45) is 7.33. The number of esters is 2. The molecule has 5 heteroatoms. The molecule has 0 amide bonds. The summed E-state index contributed by atoms with van der Waals surface area (Å²) in [6, 6.07) is 0. The van der Waals surface area contributed by atoms with E-state index in [1.54, 1.807) is 6.08 Å². The molecule has 3 fully saturated rings. The average Bonchev–Trinajstić information content (AvgIpc) is 2.83. The molecule has 0 aromatic heterocycles. The molecule has 0 aromatic rings. The SMILES string of the molecule is CC(=O)OC1OC2OC(=O)C=C3C2C1CCC3C1(C)CCCC(C)(C)C1. The van der Waals surface area contributed by atoms with Gasteiger partial charge in [0.1, 0.15) is 0 Å². The molecule has 2 aliphatic heterocycles. The minimum Gasteiger partial charge on any atom is -0.435 e. The van der Waals surface area contributed by atoms with E-state index in [0.717, 1.165) is 12.8 Å². The summed E-state index contributed by atoms with van der Waals surface area (Å²) >= 11 is 0. The van der Waals surface area contributed by atoms with Crippen LogP contribution in [0.5, 0.6) is 0 Å². The fraction of sp³-hybridized carbons (Fsp3) is 0.810. The maximum atomic E-state index is 12.2. The fourth-order valence-electron chi connectivity index (χ4n) is 6.32. The zero-order valence-corrected chi connectivity index (χ0v) is 16.2. The van der Waals surface area contributed by atoms with Crippen LogP contribution in [0.25, 0.3) is 0 Å². The topological polar surface area (TPSA) is 61.8 Å². The summed E-state index contributed by atoms with van der Waals surface area (Å²) in [6.45, 7) is 8.51. The van der Waals surface area contributed by atoms with Crippen molar-refractivity contribution < 1.29 is 23.8 Å². The van der Waals surface area contributed by atoms with Crippen molar-refractivity contribution in [1.82, 2.24) is 0 Å². The van der Waals surface area contributed by atoms with Gasteiger partial charge in [-0.15, -0.1) is 0 Å². The highest BCUT2D eigenvalue weighted by atomic mass is 16.8. The zero-order chi connectivity index (χ0) is 18.7. The average molecular weight is 362 g/mol. The Morgan fingerprint density at radius 1 is 1.23 bits per heavy atom. The first kappa shape index (κ1) is 18.0. The molecular formula is C21H30O5. The van der Waals surface area contributed by atoms with E-state index in [9.17, 15) is 9.59 Å². The predicted molar refractivity (Wildman–Crippen MR) is 94.7 cm³/mol. The maximum Gasteiger partial charge on any atom is 0.333 e. The molecule has 1 saturated heterocycles. The lowest BCUT2D eigenvalue weighted by Gasteiger charge is -2.51. The first-order valence-electron chi connectivity index (χ1n) is 9.93. The van der Waals surface area contributed by atoms with Crippen LogP contribution in [0.1, 0.15) is 66.2 Å². The lowest BCUT2D eigenvalue weighted by atomic mass is 9.53. The molecule has 4 aliphatic rings. The van der Waals surface area contributed by atoms with E-state index in [0.29, 0.717) is 11.3 Å². The highest BCUT2D eigenvalue weighted by molar-refractivity contribution is 5.84. The molecule has 26 heavy (non-hydrogen) atoms. The van der Waals surface area contributed by atoms with Gasteiger partial charge in [0.15, 0.2) is 0 Å². The number of carbonyl (C=O) groups is 2. The van der Waals surface area contributed by atoms with E-state index in [4.69, 9.17) is 14.2 Å². The number of carbonyl (C=O) groups excluding carboxylic acids is 2. The third-order valence-corrected chi connectivity index (χ3v) is 7.07. The van der Waals surface area contributed by atoms with Crippen LogP contribution in [0, 0.1) is 28.6 Å². The van der Waals surface area contributed by atoms with E-state index in [-0.39, 0.29) is 29.2 Å². The molecule has 144 valence electrons. The second-order valence-electron chi connectivity index (χ2n) is 9.73. The van der Waals surface area contributed by atoms with Crippen molar-refractivity contribution in [2.24, 2.45) is 28.6 Å². The summed E-state index contributed by atoms with van der Waals surface area (Å²) in [7, 11) is 0. The van der Waals surface area contributed by atoms with E-state index < -0.39 is 12.6 Å². The van der Waals surface area contributed by atoms with Gasteiger partial charge in [0.2, 0.25) is 12.6 Å². The Labute approximate surface area is 155 Å². The normalized spacial score (nSPS) is 43.9. The molecule has 2 aliphatic carbocycles. The zero-order valence-electron chi connectivity index (χ0n) is 16.2. The van der Waals surface area contributed by atoms with Gasteiger partial charge in [-0.3, -0.25) is 4.79 Å². The number of hydrogen-bond donors (Lipinski definition) is 0. The second kappa shape index (κ2) is 6.08. The van der Waals surface area contributed by atoms with Crippen molar-refractivity contribution in [3.8, 4) is 0 Å². The van der Waals surface area contributed by atoms with Gasteiger partial charge in [-0.25, -0.2) is 4.79 Å². The Morgan fingerprint density at radius 2 is 2.00 bits per heavy atom. The molecule has 2 heterocycles. The Bertz CT molecular complexity index is 651. The lowest BCUT2D eigenvalue weighted by molar-refractivity contribution is -0.213. The Morgan fingerprint density at radius 3 is 2.69 bits per heavy atom. The molecule has 5 nitrogen and oxygen atoms in total. The molecule has 6 atom stereocenters. The summed E-state index contributed by atoms with van der Waals surface area (Å²) in [5.74, 6) is -0.196. The third-order valence-electron chi connectivity index (χ3n) is 7.07. The van der Waals surface area contributed by atoms with Crippen molar-refractivity contribution in [2.45, 2.75) is 78.8 Å². The monoisotopic (exact) mass is 362 g/mol. The van der Waals surface area contributed by atoms with E-state index in [1.165, 1.54) is 38.2 Å². The number of ether oxygens (including phenoxy) is 3. The van der Waals surface area contributed by atoms with Gasteiger partial charge in [0.05, 0.1) is 5.92 Å². The molecule has 0 N–H and O–H groups in total. The van der Waals surface area contributed by atoms with Gasteiger partial charge in [-0.05, 0) is 54.4 Å². The molecule has 0 spiro atoms. The van der Waals surface area contributed by atoms with E-state index in [1.807, 2.05) is 0 Å². The first-order chi connectivity index (χ1) is 12.2. The van der Waals surface area contributed by atoms with E-state index >= 15 is 0 Å². The Kier molecular flexibility index (Phi) is 4.22. The van der Waals surface area contributed by atoms with Gasteiger partial charge in [-0.1, -0.05) is 27.2 Å². The van der Waals surface area contributed by atoms with Crippen LogP contribution in [0.4, 0.5) is 0 Å². The highest BCUT2D eigenvalue weighted by Crippen LogP contribution is 2.59. The van der Waals surface area contributed by atoms with Crippen LogP contribution >= 0.6 is 0 Å². The summed E-state index contributed by atoms with van der Waals surface area (Å²) in [5.41, 5.74) is 1.71. The minimum absolute atomic E-state index is 0.0256. The standard InChI is InChI=1S/C21H30O5/c1-12(22)24-18-13-6-7-15(21(4)9-5-8-20(2,3)11-21)14-10-16(23)25-19(26-18)17(13)14/h10,13,15,17-19H,5-9,11H2,1-4H3. The first-order valence-corrected chi connectivity index (χ1v) is 9.93. The van der Waals surface area contributed by atoms with Gasteiger partial charge in [0, 0.05) is 18.9 Å². The molecule has 2 saturated carbocycles. The van der Waals surface area contributed by atoms with Gasteiger partial charge < -0.3 is 14.2 Å². The highest BCUT2D eigenvalue weighted by Gasteiger charge is 2.58. The van der Waals surface area contributed by atoms with Crippen molar-refractivity contribution >= 4 is 11.9 Å². The van der Waals surface area contributed by atoms with Crippen molar-refractivity contribution in [2.75, 3.05) is 0 Å². The van der Waals surface area contributed by atoms with Gasteiger partial charge >= 0.3 is 11.9 Å². The van der Waals surface area contributed by atoms with Crippen LogP contribution in [0.2, 0.25) is 0 Å². The van der Waals surface area contributed by atoms with Crippen molar-refractivity contribution in [3.63, 3.8) is 0 Å². The predicted octanol–water partition coefficient (Wildman–Crippen LogP) is 3.96. The molecule has 0 radical (unpaired) electrons. The Hall–Kier alpha value is -1.36. The summed E-state index contributed by atoms with van der Waals surface area (Å²) < 4.78 is 16.7. The molecule has 0 bridgehead atoms. The Balaban J connectivity index is 1.65. The largest absolute Gasteiger partial charge is 0.435 e. The van der Waals surface area contributed by atoms with Crippen LogP contribution in [0.15, 0.2) is 11.6 Å². The third kappa shape index (κ3) is 2.98. The van der Waals surface area contributed by atoms with Crippen LogP contribution in [-0.4, -0.2) is 24.5 Å². The molecule has 4 rings (SSSR count). The van der Waals surface area contributed by atoms with Crippen molar-refractivity contribution in [1.29, 1.82) is 0 Å². The fourth-order valence-corrected chi connectivity index (χ4v) is 6.32. The maximum absolute atomic E-state index is 12.2.